The minimum atomic E-state index is -0.115. The first-order valence-corrected chi connectivity index (χ1v) is 10.4. The molecular weight excluding hydrogens is 407 g/mol. The number of ketones is 1. The lowest BCUT2D eigenvalue weighted by atomic mass is 9.90. The van der Waals surface area contributed by atoms with Gasteiger partial charge in [0.2, 0.25) is 5.78 Å². The number of hydrogen-bond acceptors (Lipinski definition) is 5. The van der Waals surface area contributed by atoms with Crippen LogP contribution in [0.1, 0.15) is 16.1 Å². The first kappa shape index (κ1) is 18.3. The molecule has 0 atom stereocenters. The van der Waals surface area contributed by atoms with Crippen LogP contribution in [-0.4, -0.2) is 45.6 Å². The minimum absolute atomic E-state index is 0.115. The van der Waals surface area contributed by atoms with Crippen LogP contribution in [0.3, 0.4) is 0 Å². The highest BCUT2D eigenvalue weighted by Gasteiger charge is 2.29. The topological polar surface area (TPSA) is 59.0 Å². The number of rotatable bonds is 5. The molecule has 1 aromatic carbocycles. The van der Waals surface area contributed by atoms with E-state index in [0.29, 0.717) is 47.5 Å². The summed E-state index contributed by atoms with van der Waals surface area (Å²) >= 11 is 12.0. The molecule has 4 aromatic rings. The molecular formula is C22H16Cl2N4O. The number of pyridine rings is 3. The van der Waals surface area contributed by atoms with Gasteiger partial charge in [0.25, 0.3) is 0 Å². The number of carbonyl (C=O) groups is 1. The number of nitrogens with zero attached hydrogens (tertiary/aromatic N) is 4. The molecule has 0 N–H and O–H groups in total. The number of alkyl halides is 2. The molecule has 5 rings (SSSR count). The molecule has 5 nitrogen and oxygen atoms in total. The van der Waals surface area contributed by atoms with Crippen LogP contribution in [0.25, 0.3) is 33.1 Å². The molecule has 1 aliphatic carbocycles. The number of hydrogen-bond donors (Lipinski definition) is 0. The molecule has 0 radical (unpaired) electrons. The van der Waals surface area contributed by atoms with Crippen LogP contribution in [0, 0.1) is 0 Å². The fourth-order valence-corrected chi connectivity index (χ4v) is 4.37. The Hall–Kier alpha value is -2.76. The Morgan fingerprint density at radius 2 is 1.66 bits per heavy atom. The molecule has 3 heterocycles. The van der Waals surface area contributed by atoms with Crippen molar-refractivity contribution in [2.45, 2.75) is 0 Å². The number of aromatic nitrogens is 3. The molecule has 144 valence electrons. The molecule has 0 saturated carbocycles. The van der Waals surface area contributed by atoms with Crippen LogP contribution in [0.4, 0.5) is 5.69 Å². The highest BCUT2D eigenvalue weighted by atomic mass is 35.5. The van der Waals surface area contributed by atoms with Gasteiger partial charge in [0, 0.05) is 53.7 Å². The van der Waals surface area contributed by atoms with E-state index in [1.54, 1.807) is 24.5 Å². The van der Waals surface area contributed by atoms with Crippen molar-refractivity contribution in [3.05, 3.63) is 60.0 Å². The number of anilines is 1. The van der Waals surface area contributed by atoms with Gasteiger partial charge in [0.1, 0.15) is 11.4 Å². The summed E-state index contributed by atoms with van der Waals surface area (Å²) in [6.07, 6.45) is 3.44. The second kappa shape index (κ2) is 7.25. The average Bonchev–Trinajstić information content (AvgIpc) is 2.76. The lowest BCUT2D eigenvalue weighted by Gasteiger charge is -2.24. The van der Waals surface area contributed by atoms with E-state index >= 15 is 0 Å². The van der Waals surface area contributed by atoms with E-state index in [1.165, 1.54) is 0 Å². The molecule has 0 amide bonds. The predicted molar refractivity (Wildman–Crippen MR) is 117 cm³/mol. The van der Waals surface area contributed by atoms with Gasteiger partial charge in [-0.25, -0.2) is 4.98 Å². The third-order valence-electron chi connectivity index (χ3n) is 5.26. The van der Waals surface area contributed by atoms with E-state index < -0.39 is 0 Å². The lowest BCUT2D eigenvalue weighted by molar-refractivity contribution is 0.103. The van der Waals surface area contributed by atoms with Crippen molar-refractivity contribution in [1.29, 1.82) is 0 Å². The van der Waals surface area contributed by atoms with Crippen molar-refractivity contribution in [3.63, 3.8) is 0 Å². The zero-order chi connectivity index (χ0) is 20.0. The van der Waals surface area contributed by atoms with Crippen molar-refractivity contribution < 1.29 is 4.79 Å². The zero-order valence-corrected chi connectivity index (χ0v) is 16.9. The maximum Gasteiger partial charge on any atom is 0.214 e. The van der Waals surface area contributed by atoms with E-state index in [-0.39, 0.29) is 5.78 Å². The average molecular weight is 423 g/mol. The number of fused-ring (bicyclic) bond motifs is 4. The fraction of sp³-hybridized carbons (Fsp3) is 0.182. The minimum Gasteiger partial charge on any atom is -0.369 e. The van der Waals surface area contributed by atoms with E-state index in [2.05, 4.69) is 20.9 Å². The van der Waals surface area contributed by atoms with E-state index in [1.807, 2.05) is 18.2 Å². The zero-order valence-electron chi connectivity index (χ0n) is 15.4. The van der Waals surface area contributed by atoms with E-state index in [0.717, 1.165) is 27.4 Å². The molecule has 0 spiro atoms. The fourth-order valence-electron chi connectivity index (χ4n) is 3.96. The smallest absolute Gasteiger partial charge is 0.214 e. The van der Waals surface area contributed by atoms with Gasteiger partial charge >= 0.3 is 0 Å². The van der Waals surface area contributed by atoms with Crippen molar-refractivity contribution in [1.82, 2.24) is 15.0 Å². The summed E-state index contributed by atoms with van der Waals surface area (Å²) in [5, 5.41) is 2.67. The molecule has 0 fully saturated rings. The van der Waals surface area contributed by atoms with Crippen LogP contribution in [0.2, 0.25) is 0 Å². The summed E-state index contributed by atoms with van der Waals surface area (Å²) < 4.78 is 0. The van der Waals surface area contributed by atoms with Crippen molar-refractivity contribution in [3.8, 4) is 11.4 Å². The molecule has 29 heavy (non-hydrogen) atoms. The highest BCUT2D eigenvalue weighted by molar-refractivity contribution is 6.27. The summed E-state index contributed by atoms with van der Waals surface area (Å²) in [6.45, 7) is 1.40. The van der Waals surface area contributed by atoms with Gasteiger partial charge in [-0.2, -0.15) is 0 Å². The Labute approximate surface area is 177 Å². The highest BCUT2D eigenvalue weighted by Crippen LogP contribution is 2.39. The quantitative estimate of drug-likeness (QED) is 0.304. The number of benzene rings is 1. The van der Waals surface area contributed by atoms with E-state index in [9.17, 15) is 4.79 Å². The largest absolute Gasteiger partial charge is 0.369 e. The Morgan fingerprint density at radius 3 is 2.45 bits per heavy atom. The van der Waals surface area contributed by atoms with Gasteiger partial charge in [-0.3, -0.25) is 14.8 Å². The summed E-state index contributed by atoms with van der Waals surface area (Å²) in [7, 11) is 0. The van der Waals surface area contributed by atoms with Gasteiger partial charge in [-0.15, -0.1) is 23.2 Å². The van der Waals surface area contributed by atoms with Crippen molar-refractivity contribution in [2.75, 3.05) is 29.7 Å². The Balaban J connectivity index is 1.81. The van der Waals surface area contributed by atoms with Crippen LogP contribution in [0.15, 0.2) is 48.8 Å². The molecule has 0 bridgehead atoms. The van der Waals surface area contributed by atoms with Crippen LogP contribution in [-0.2, 0) is 0 Å². The van der Waals surface area contributed by atoms with Crippen LogP contribution < -0.4 is 4.90 Å². The van der Waals surface area contributed by atoms with Crippen molar-refractivity contribution >= 4 is 56.3 Å². The maximum atomic E-state index is 13.1. The molecule has 0 saturated heterocycles. The molecule has 0 unspecified atom stereocenters. The van der Waals surface area contributed by atoms with Gasteiger partial charge in [-0.1, -0.05) is 0 Å². The molecule has 0 aliphatic heterocycles. The van der Waals surface area contributed by atoms with Gasteiger partial charge in [-0.05, 0) is 41.8 Å². The second-order valence-electron chi connectivity index (χ2n) is 6.84. The number of halogens is 2. The summed E-state index contributed by atoms with van der Waals surface area (Å²) in [5.41, 5.74) is 4.08. The third-order valence-corrected chi connectivity index (χ3v) is 5.59. The van der Waals surface area contributed by atoms with Gasteiger partial charge < -0.3 is 4.90 Å². The van der Waals surface area contributed by atoms with Crippen LogP contribution >= 0.6 is 23.2 Å². The Kier molecular flexibility index (Phi) is 4.57. The summed E-state index contributed by atoms with van der Waals surface area (Å²) in [5.74, 6) is 0.908. The maximum absolute atomic E-state index is 13.1. The summed E-state index contributed by atoms with van der Waals surface area (Å²) in [6, 6.07) is 11.5. The Morgan fingerprint density at radius 1 is 0.862 bits per heavy atom. The first-order chi connectivity index (χ1) is 14.2. The second-order valence-corrected chi connectivity index (χ2v) is 7.59. The number of carbonyl (C=O) groups excluding carboxylic acids is 1. The first-order valence-electron chi connectivity index (χ1n) is 9.32. The molecule has 7 heteroatoms. The monoisotopic (exact) mass is 422 g/mol. The third kappa shape index (κ3) is 2.84. The van der Waals surface area contributed by atoms with Crippen molar-refractivity contribution in [2.24, 2.45) is 0 Å². The summed E-state index contributed by atoms with van der Waals surface area (Å²) in [4.78, 5) is 28.9. The molecule has 1 aliphatic rings. The van der Waals surface area contributed by atoms with Crippen LogP contribution in [0.5, 0.6) is 0 Å². The standard InChI is InChI=1S/C22H16Cl2N4O/c23-6-10-28(11-7-24)13-3-4-17-16(12-13)14-5-9-26-20-18(14)21(27-17)22(29)15-2-1-8-25-19(15)20/h1-5,8-9,12H,6-7,10-11H2. The van der Waals surface area contributed by atoms with Gasteiger partial charge in [0.05, 0.1) is 16.8 Å². The van der Waals surface area contributed by atoms with Gasteiger partial charge in [0.15, 0.2) is 0 Å². The normalized spacial score (nSPS) is 12.4. The predicted octanol–water partition coefficient (Wildman–Crippen LogP) is 4.67. The van der Waals surface area contributed by atoms with E-state index in [4.69, 9.17) is 28.2 Å². The Bertz CT molecular complexity index is 1270. The lowest BCUT2D eigenvalue weighted by Crippen LogP contribution is -2.27. The SMILES string of the molecule is O=C1c2cccnc2-c2nccc3c2c1nc1ccc(N(CCCl)CCCl)cc13. The molecule has 3 aromatic heterocycles.